The quantitative estimate of drug-likeness (QED) is 0.265. The molecule has 2 aliphatic rings. The second kappa shape index (κ2) is 11.8. The standard InChI is InChI=1S/C27H27N7O2S2.ClH/c1-16-22(6-5-11-28-16)36-23-14-21(37-24-7-3-4-10-29-24)15-30-26(23)32-27-31-25(33-38-27)18-12-19-8-9-20(13-18)34(19)17(2)35;/h3-7,10-11,14-15,18-20H,8-9,12-13H2,1-2H3,(H,30,31,32,33);1H. The maximum atomic E-state index is 12.1. The van der Waals surface area contributed by atoms with Gasteiger partial charge in [0.05, 0.1) is 5.69 Å². The van der Waals surface area contributed by atoms with Crippen LogP contribution in [0.1, 0.15) is 50.0 Å². The zero-order valence-electron chi connectivity index (χ0n) is 21.5. The number of fused-ring (bicyclic) bond motifs is 2. The molecule has 6 rings (SSSR count). The van der Waals surface area contributed by atoms with Crippen LogP contribution in [0.25, 0.3) is 0 Å². The van der Waals surface area contributed by atoms with Crippen molar-refractivity contribution in [3.63, 3.8) is 0 Å². The van der Waals surface area contributed by atoms with Crippen molar-refractivity contribution in [3.8, 4) is 11.5 Å². The lowest BCUT2D eigenvalue weighted by Crippen LogP contribution is -2.45. The van der Waals surface area contributed by atoms with E-state index in [1.807, 2.05) is 43.3 Å². The maximum absolute atomic E-state index is 12.1. The van der Waals surface area contributed by atoms with Crippen LogP contribution in [0.15, 0.2) is 64.9 Å². The first kappa shape index (κ1) is 27.3. The highest BCUT2D eigenvalue weighted by Gasteiger charge is 2.43. The van der Waals surface area contributed by atoms with Crippen LogP contribution in [-0.4, -0.2) is 47.2 Å². The van der Waals surface area contributed by atoms with Crippen molar-refractivity contribution in [1.29, 1.82) is 0 Å². The first-order chi connectivity index (χ1) is 18.5. The Kier molecular flexibility index (Phi) is 8.29. The van der Waals surface area contributed by atoms with Crippen molar-refractivity contribution in [2.45, 2.75) is 67.5 Å². The molecule has 9 nitrogen and oxygen atoms in total. The zero-order valence-corrected chi connectivity index (χ0v) is 23.9. The van der Waals surface area contributed by atoms with Gasteiger partial charge in [-0.15, -0.1) is 12.4 Å². The monoisotopic (exact) mass is 581 g/mol. The first-order valence-corrected chi connectivity index (χ1v) is 14.2. The molecule has 0 aliphatic carbocycles. The fourth-order valence-electron chi connectivity index (χ4n) is 5.33. The van der Waals surface area contributed by atoms with Crippen molar-refractivity contribution in [2.24, 2.45) is 0 Å². The number of rotatable bonds is 7. The molecule has 2 bridgehead atoms. The molecule has 12 heteroatoms. The number of pyridine rings is 3. The predicted molar refractivity (Wildman–Crippen MR) is 153 cm³/mol. The Morgan fingerprint density at radius 3 is 2.59 bits per heavy atom. The van der Waals surface area contributed by atoms with Gasteiger partial charge in [0.1, 0.15) is 16.6 Å². The Labute approximate surface area is 241 Å². The second-order valence-corrected chi connectivity index (χ2v) is 11.4. The number of aryl methyl sites for hydroxylation is 1. The molecule has 0 aromatic carbocycles. The fourth-order valence-corrected chi connectivity index (χ4v) is 6.75. The number of piperidine rings is 1. The molecule has 4 aromatic heterocycles. The van der Waals surface area contributed by atoms with Crippen molar-refractivity contribution >= 4 is 52.6 Å². The summed E-state index contributed by atoms with van der Waals surface area (Å²) in [6.07, 6.45) is 9.26. The van der Waals surface area contributed by atoms with Gasteiger partial charge in [-0.3, -0.25) is 9.78 Å². The molecule has 2 unspecified atom stereocenters. The number of halogens is 1. The zero-order chi connectivity index (χ0) is 26.1. The van der Waals surface area contributed by atoms with E-state index in [1.54, 1.807) is 25.5 Å². The molecule has 2 fully saturated rings. The molecule has 1 amide bonds. The number of anilines is 2. The van der Waals surface area contributed by atoms with Crippen LogP contribution in [0.4, 0.5) is 10.9 Å². The van der Waals surface area contributed by atoms with Crippen LogP contribution in [-0.2, 0) is 4.79 Å². The summed E-state index contributed by atoms with van der Waals surface area (Å²) in [4.78, 5) is 33.3. The number of hydrogen-bond donors (Lipinski definition) is 1. The van der Waals surface area contributed by atoms with E-state index in [9.17, 15) is 4.79 Å². The van der Waals surface area contributed by atoms with E-state index < -0.39 is 0 Å². The van der Waals surface area contributed by atoms with E-state index in [4.69, 9.17) is 9.72 Å². The Bertz CT molecular complexity index is 1440. The van der Waals surface area contributed by atoms with Gasteiger partial charge in [0.25, 0.3) is 0 Å². The summed E-state index contributed by atoms with van der Waals surface area (Å²) in [6.45, 7) is 3.58. The normalized spacial score (nSPS) is 19.8. The molecule has 2 aliphatic heterocycles. The second-order valence-electron chi connectivity index (χ2n) is 9.54. The third-order valence-corrected chi connectivity index (χ3v) is 8.55. The Morgan fingerprint density at radius 2 is 1.87 bits per heavy atom. The largest absolute Gasteiger partial charge is 0.452 e. The molecule has 39 heavy (non-hydrogen) atoms. The summed E-state index contributed by atoms with van der Waals surface area (Å²) in [5.41, 5.74) is 0.783. The van der Waals surface area contributed by atoms with E-state index in [1.165, 1.54) is 23.3 Å². The lowest BCUT2D eigenvalue weighted by atomic mass is 9.90. The van der Waals surface area contributed by atoms with E-state index in [0.29, 0.717) is 34.5 Å². The number of carbonyl (C=O) groups is 1. The minimum Gasteiger partial charge on any atom is -0.452 e. The van der Waals surface area contributed by atoms with Gasteiger partial charge < -0.3 is 15.0 Å². The number of nitrogens with one attached hydrogen (secondary N) is 1. The number of amides is 1. The van der Waals surface area contributed by atoms with Gasteiger partial charge in [0.2, 0.25) is 11.0 Å². The van der Waals surface area contributed by atoms with Gasteiger partial charge in [0, 0.05) is 66.0 Å². The molecule has 2 atom stereocenters. The number of ether oxygens (including phenoxy) is 1. The van der Waals surface area contributed by atoms with Crippen LogP contribution in [0.5, 0.6) is 11.5 Å². The molecule has 0 saturated carbocycles. The number of nitrogens with zero attached hydrogens (tertiary/aromatic N) is 6. The summed E-state index contributed by atoms with van der Waals surface area (Å²) in [5.74, 6) is 3.04. The third-order valence-electron chi connectivity index (χ3n) is 7.00. The fraction of sp³-hybridized carbons (Fsp3) is 0.333. The Hall–Kier alpha value is -3.28. The van der Waals surface area contributed by atoms with Gasteiger partial charge in [-0.25, -0.2) is 15.0 Å². The summed E-state index contributed by atoms with van der Waals surface area (Å²) < 4.78 is 11.0. The lowest BCUT2D eigenvalue weighted by Gasteiger charge is -2.37. The SMILES string of the molecule is CC(=O)N1C2CCC1CC(c1nsc(Nc3ncc(Sc4ccccn4)cc3Oc3cccnc3C)n1)C2.Cl. The van der Waals surface area contributed by atoms with E-state index >= 15 is 0 Å². The average molecular weight is 582 g/mol. The molecule has 4 aromatic rings. The van der Waals surface area contributed by atoms with Gasteiger partial charge in [-0.2, -0.15) is 4.37 Å². The van der Waals surface area contributed by atoms with Gasteiger partial charge in [-0.05, 0) is 56.9 Å². The van der Waals surface area contributed by atoms with Gasteiger partial charge in [0.15, 0.2) is 11.6 Å². The topological polar surface area (TPSA) is 106 Å². The molecule has 1 N–H and O–H groups in total. The minimum absolute atomic E-state index is 0. The number of aromatic nitrogens is 5. The summed E-state index contributed by atoms with van der Waals surface area (Å²) >= 11 is 2.83. The molecular weight excluding hydrogens is 554 g/mol. The molecule has 202 valence electrons. The van der Waals surface area contributed by atoms with Gasteiger partial charge in [-0.1, -0.05) is 17.8 Å². The summed E-state index contributed by atoms with van der Waals surface area (Å²) in [6, 6.07) is 12.1. The van der Waals surface area contributed by atoms with E-state index in [-0.39, 0.29) is 24.2 Å². The van der Waals surface area contributed by atoms with Crippen molar-refractivity contribution in [1.82, 2.24) is 29.2 Å². The highest BCUT2D eigenvalue weighted by molar-refractivity contribution is 7.99. The molecule has 0 radical (unpaired) electrons. The van der Waals surface area contributed by atoms with Crippen LogP contribution >= 0.6 is 35.7 Å². The Balaban J connectivity index is 0.00000308. The highest BCUT2D eigenvalue weighted by Crippen LogP contribution is 2.43. The van der Waals surface area contributed by atoms with Crippen LogP contribution in [0.3, 0.4) is 0 Å². The van der Waals surface area contributed by atoms with Crippen molar-refractivity contribution < 1.29 is 9.53 Å². The predicted octanol–water partition coefficient (Wildman–Crippen LogP) is 6.40. The molecule has 0 spiro atoms. The smallest absolute Gasteiger partial charge is 0.219 e. The maximum Gasteiger partial charge on any atom is 0.219 e. The van der Waals surface area contributed by atoms with Gasteiger partial charge >= 0.3 is 0 Å². The van der Waals surface area contributed by atoms with Crippen molar-refractivity contribution in [2.75, 3.05) is 5.32 Å². The Morgan fingerprint density at radius 1 is 1.08 bits per heavy atom. The summed E-state index contributed by atoms with van der Waals surface area (Å²) in [7, 11) is 0. The van der Waals surface area contributed by atoms with Crippen LogP contribution < -0.4 is 10.1 Å². The van der Waals surface area contributed by atoms with Crippen molar-refractivity contribution in [3.05, 3.63) is 66.5 Å². The van der Waals surface area contributed by atoms with E-state index in [2.05, 4.69) is 29.5 Å². The minimum atomic E-state index is 0. The average Bonchev–Trinajstić information content (AvgIpc) is 3.49. The van der Waals surface area contributed by atoms with Crippen LogP contribution in [0.2, 0.25) is 0 Å². The molecule has 2 saturated heterocycles. The molecular formula is C27H28ClN7O2S2. The molecule has 6 heterocycles. The summed E-state index contributed by atoms with van der Waals surface area (Å²) in [5, 5.41) is 4.86. The number of hydrogen-bond acceptors (Lipinski definition) is 10. The van der Waals surface area contributed by atoms with E-state index in [0.717, 1.165) is 47.1 Å². The number of carbonyl (C=O) groups excluding carboxylic acids is 1. The lowest BCUT2D eigenvalue weighted by molar-refractivity contribution is -0.133. The highest BCUT2D eigenvalue weighted by atomic mass is 35.5. The van der Waals surface area contributed by atoms with Crippen LogP contribution in [0, 0.1) is 6.92 Å². The first-order valence-electron chi connectivity index (χ1n) is 12.6. The third kappa shape index (κ3) is 6.00.